The summed E-state index contributed by atoms with van der Waals surface area (Å²) in [6, 6.07) is 13.7. The lowest BCUT2D eigenvalue weighted by molar-refractivity contribution is -0.124. The van der Waals surface area contributed by atoms with E-state index in [9.17, 15) is 9.90 Å². The van der Waals surface area contributed by atoms with E-state index in [1.54, 1.807) is 6.92 Å². The van der Waals surface area contributed by atoms with Crippen LogP contribution in [0.4, 0.5) is 0 Å². The molecule has 22 heavy (non-hydrogen) atoms. The highest BCUT2D eigenvalue weighted by Crippen LogP contribution is 2.42. The van der Waals surface area contributed by atoms with Crippen molar-refractivity contribution < 1.29 is 9.90 Å². The number of thiophene rings is 1. The highest BCUT2D eigenvalue weighted by molar-refractivity contribution is 7.10. The zero-order valence-corrected chi connectivity index (χ0v) is 13.5. The van der Waals surface area contributed by atoms with Gasteiger partial charge in [-0.1, -0.05) is 36.4 Å². The largest absolute Gasteiger partial charge is 0.383 e. The molecule has 0 bridgehead atoms. The third kappa shape index (κ3) is 3.39. The molecule has 1 aromatic heterocycles. The molecule has 116 valence electrons. The maximum atomic E-state index is 12.6. The number of amides is 1. The molecule has 1 fully saturated rings. The summed E-state index contributed by atoms with van der Waals surface area (Å²) in [4.78, 5) is 13.5. The molecule has 1 amide bonds. The average molecular weight is 315 g/mol. The van der Waals surface area contributed by atoms with E-state index in [1.165, 1.54) is 11.3 Å². The van der Waals surface area contributed by atoms with Crippen molar-refractivity contribution in [2.24, 2.45) is 5.92 Å². The molecule has 1 aliphatic rings. The molecule has 2 unspecified atom stereocenters. The van der Waals surface area contributed by atoms with E-state index in [0.29, 0.717) is 5.92 Å². The lowest BCUT2D eigenvalue weighted by Gasteiger charge is -2.24. The van der Waals surface area contributed by atoms with Gasteiger partial charge in [0.15, 0.2) is 0 Å². The van der Waals surface area contributed by atoms with Crippen LogP contribution in [0.25, 0.3) is 0 Å². The van der Waals surface area contributed by atoms with E-state index < -0.39 is 5.60 Å². The molecule has 1 aliphatic carbocycles. The zero-order valence-electron chi connectivity index (χ0n) is 12.7. The van der Waals surface area contributed by atoms with Gasteiger partial charge in [0, 0.05) is 4.88 Å². The third-order valence-electron chi connectivity index (χ3n) is 4.19. The van der Waals surface area contributed by atoms with Crippen LogP contribution < -0.4 is 5.32 Å². The summed E-state index contributed by atoms with van der Waals surface area (Å²) in [5, 5.41) is 15.4. The maximum Gasteiger partial charge on any atom is 0.227 e. The highest BCUT2D eigenvalue weighted by Gasteiger charge is 2.37. The Balaban J connectivity index is 1.68. The minimum Gasteiger partial charge on any atom is -0.383 e. The third-order valence-corrected chi connectivity index (χ3v) is 5.32. The molecule has 0 radical (unpaired) electrons. The normalized spacial score (nSPS) is 18.5. The number of carbonyl (C=O) groups excluding carboxylic acids is 1. The number of hydrogen-bond acceptors (Lipinski definition) is 3. The second kappa shape index (κ2) is 6.23. The van der Waals surface area contributed by atoms with Crippen LogP contribution in [-0.4, -0.2) is 17.6 Å². The quantitative estimate of drug-likeness (QED) is 0.859. The number of carbonyl (C=O) groups is 1. The van der Waals surface area contributed by atoms with Crippen LogP contribution in [0.1, 0.15) is 36.1 Å². The molecule has 0 spiro atoms. The first-order valence-electron chi connectivity index (χ1n) is 7.67. The molecule has 3 nitrogen and oxygen atoms in total. The van der Waals surface area contributed by atoms with Crippen LogP contribution in [0.2, 0.25) is 0 Å². The van der Waals surface area contributed by atoms with Crippen molar-refractivity contribution in [1.29, 1.82) is 0 Å². The first-order valence-corrected chi connectivity index (χ1v) is 8.55. The summed E-state index contributed by atoms with van der Waals surface area (Å²) < 4.78 is 0. The minimum atomic E-state index is -1.02. The van der Waals surface area contributed by atoms with E-state index in [1.807, 2.05) is 47.8 Å². The first kappa shape index (κ1) is 15.3. The van der Waals surface area contributed by atoms with Crippen LogP contribution in [0.3, 0.4) is 0 Å². The van der Waals surface area contributed by atoms with Crippen LogP contribution in [0.15, 0.2) is 47.8 Å². The Morgan fingerprint density at radius 1 is 1.32 bits per heavy atom. The molecular weight excluding hydrogens is 294 g/mol. The average Bonchev–Trinajstić information content (AvgIpc) is 3.17. The van der Waals surface area contributed by atoms with Gasteiger partial charge in [-0.05, 0) is 42.7 Å². The Labute approximate surface area is 135 Å². The van der Waals surface area contributed by atoms with E-state index >= 15 is 0 Å². The first-order chi connectivity index (χ1) is 10.6. The van der Waals surface area contributed by atoms with Gasteiger partial charge in [0.05, 0.1) is 12.5 Å². The number of nitrogens with one attached hydrogen (secondary N) is 1. The molecule has 2 aromatic rings. The zero-order chi connectivity index (χ0) is 15.6. The van der Waals surface area contributed by atoms with Gasteiger partial charge in [0.25, 0.3) is 0 Å². The molecule has 0 saturated heterocycles. The van der Waals surface area contributed by atoms with Crippen molar-refractivity contribution in [2.75, 3.05) is 6.54 Å². The SMILES string of the molecule is CC(O)(CNC(=O)C(c1ccccc1)C1CC1)c1cccs1. The van der Waals surface area contributed by atoms with Crippen LogP contribution in [-0.2, 0) is 10.4 Å². The van der Waals surface area contributed by atoms with Crippen molar-refractivity contribution in [3.05, 3.63) is 58.3 Å². The predicted molar refractivity (Wildman–Crippen MR) is 88.8 cm³/mol. The predicted octanol–water partition coefficient (Wildman–Crippen LogP) is 3.27. The number of hydrogen-bond donors (Lipinski definition) is 2. The molecule has 1 aromatic carbocycles. The summed E-state index contributed by atoms with van der Waals surface area (Å²) in [5.41, 5.74) is 0.0486. The highest BCUT2D eigenvalue weighted by atomic mass is 32.1. The Hall–Kier alpha value is -1.65. The Morgan fingerprint density at radius 2 is 2.05 bits per heavy atom. The fourth-order valence-corrected chi connectivity index (χ4v) is 3.56. The number of benzene rings is 1. The van der Waals surface area contributed by atoms with Crippen molar-refractivity contribution in [1.82, 2.24) is 5.32 Å². The molecule has 1 heterocycles. The molecular formula is C18H21NO2S. The van der Waals surface area contributed by atoms with Crippen LogP contribution in [0.5, 0.6) is 0 Å². The monoisotopic (exact) mass is 315 g/mol. The van der Waals surface area contributed by atoms with E-state index in [2.05, 4.69) is 5.32 Å². The maximum absolute atomic E-state index is 12.6. The van der Waals surface area contributed by atoms with Crippen molar-refractivity contribution in [3.63, 3.8) is 0 Å². The summed E-state index contributed by atoms with van der Waals surface area (Å²) in [6.07, 6.45) is 2.21. The van der Waals surface area contributed by atoms with Gasteiger partial charge >= 0.3 is 0 Å². The second-order valence-electron chi connectivity index (χ2n) is 6.19. The van der Waals surface area contributed by atoms with Crippen molar-refractivity contribution >= 4 is 17.2 Å². The fraction of sp³-hybridized carbons (Fsp3) is 0.389. The molecule has 4 heteroatoms. The molecule has 3 rings (SSSR count). The van der Waals surface area contributed by atoms with E-state index in [4.69, 9.17) is 0 Å². The summed E-state index contributed by atoms with van der Waals surface area (Å²) in [6.45, 7) is 1.98. The van der Waals surface area contributed by atoms with Gasteiger partial charge in [-0.25, -0.2) is 0 Å². The smallest absolute Gasteiger partial charge is 0.227 e. The minimum absolute atomic E-state index is 0.0190. The Morgan fingerprint density at radius 3 is 2.64 bits per heavy atom. The fourth-order valence-electron chi connectivity index (χ4n) is 2.77. The number of rotatable bonds is 6. The van der Waals surface area contributed by atoms with Gasteiger partial charge in [0.1, 0.15) is 5.60 Å². The Kier molecular flexibility index (Phi) is 4.32. The topological polar surface area (TPSA) is 49.3 Å². The summed E-state index contributed by atoms with van der Waals surface area (Å²) in [7, 11) is 0. The van der Waals surface area contributed by atoms with Gasteiger partial charge in [0.2, 0.25) is 5.91 Å². The summed E-state index contributed by atoms with van der Waals surface area (Å²) in [5.74, 6) is 0.361. The standard InChI is InChI=1S/C18H21NO2S/c1-18(21,15-8-5-11-22-15)12-19-17(20)16(14-9-10-14)13-6-3-2-4-7-13/h2-8,11,14,16,21H,9-10,12H2,1H3,(H,19,20). The second-order valence-corrected chi connectivity index (χ2v) is 7.14. The van der Waals surface area contributed by atoms with E-state index in [0.717, 1.165) is 23.3 Å². The molecule has 1 saturated carbocycles. The van der Waals surface area contributed by atoms with Crippen LogP contribution >= 0.6 is 11.3 Å². The lowest BCUT2D eigenvalue weighted by atomic mass is 9.93. The lowest BCUT2D eigenvalue weighted by Crippen LogP contribution is -2.40. The van der Waals surface area contributed by atoms with E-state index in [-0.39, 0.29) is 18.4 Å². The Bertz CT molecular complexity index is 618. The number of aliphatic hydroxyl groups is 1. The van der Waals surface area contributed by atoms with Gasteiger partial charge < -0.3 is 10.4 Å². The van der Waals surface area contributed by atoms with Gasteiger partial charge in [-0.15, -0.1) is 11.3 Å². The van der Waals surface area contributed by atoms with Crippen molar-refractivity contribution in [3.8, 4) is 0 Å². The molecule has 2 N–H and O–H groups in total. The van der Waals surface area contributed by atoms with Crippen molar-refractivity contribution in [2.45, 2.75) is 31.3 Å². The molecule has 0 aliphatic heterocycles. The van der Waals surface area contributed by atoms with Crippen LogP contribution in [0, 0.1) is 5.92 Å². The molecule has 2 atom stereocenters. The van der Waals surface area contributed by atoms with Gasteiger partial charge in [-0.3, -0.25) is 4.79 Å². The summed E-state index contributed by atoms with van der Waals surface area (Å²) >= 11 is 1.50. The van der Waals surface area contributed by atoms with Gasteiger partial charge in [-0.2, -0.15) is 0 Å².